The van der Waals surface area contributed by atoms with Crippen molar-refractivity contribution in [1.82, 2.24) is 20.6 Å². The molecular weight excluding hydrogens is 196 g/mol. The number of nitrogens with one attached hydrogen (secondary N) is 3. The molecule has 0 bridgehead atoms. The van der Waals surface area contributed by atoms with Crippen molar-refractivity contribution < 1.29 is 0 Å². The highest BCUT2D eigenvalue weighted by molar-refractivity contribution is 7.80. The van der Waals surface area contributed by atoms with E-state index in [2.05, 4.69) is 27.5 Å². The van der Waals surface area contributed by atoms with Gasteiger partial charge in [-0.2, -0.15) is 0 Å². The second-order valence-electron chi connectivity index (χ2n) is 3.01. The van der Waals surface area contributed by atoms with E-state index < -0.39 is 0 Å². The Kier molecular flexibility index (Phi) is 4.99. The summed E-state index contributed by atoms with van der Waals surface area (Å²) >= 11 is 5.07. The molecule has 0 aliphatic carbocycles. The van der Waals surface area contributed by atoms with Gasteiger partial charge < -0.3 is 15.6 Å². The number of aromatic amines is 1. The molecule has 0 radical (unpaired) electrons. The monoisotopic (exact) mass is 212 g/mol. The highest BCUT2D eigenvalue weighted by Crippen LogP contribution is 1.90. The van der Waals surface area contributed by atoms with E-state index >= 15 is 0 Å². The second kappa shape index (κ2) is 6.37. The van der Waals surface area contributed by atoms with Gasteiger partial charge in [0.05, 0.1) is 6.33 Å². The number of rotatable bonds is 5. The van der Waals surface area contributed by atoms with Crippen LogP contribution in [0.15, 0.2) is 12.5 Å². The van der Waals surface area contributed by atoms with Crippen LogP contribution in [0.25, 0.3) is 0 Å². The Bertz CT molecular complexity index is 258. The molecule has 0 spiro atoms. The minimum absolute atomic E-state index is 0.728. The van der Waals surface area contributed by atoms with E-state index in [1.165, 1.54) is 0 Å². The summed E-state index contributed by atoms with van der Waals surface area (Å²) < 4.78 is 0. The van der Waals surface area contributed by atoms with E-state index in [0.29, 0.717) is 0 Å². The summed E-state index contributed by atoms with van der Waals surface area (Å²) in [6, 6.07) is 0. The van der Waals surface area contributed by atoms with Crippen molar-refractivity contribution in [3.63, 3.8) is 0 Å². The molecule has 0 unspecified atom stereocenters. The maximum atomic E-state index is 5.07. The Hall–Kier alpha value is -1.10. The van der Waals surface area contributed by atoms with Crippen LogP contribution in [0, 0.1) is 0 Å². The third-order valence-electron chi connectivity index (χ3n) is 1.77. The molecule has 4 nitrogen and oxygen atoms in total. The Morgan fingerprint density at radius 2 is 2.29 bits per heavy atom. The van der Waals surface area contributed by atoms with Crippen molar-refractivity contribution in [3.05, 3.63) is 18.2 Å². The zero-order valence-corrected chi connectivity index (χ0v) is 9.16. The zero-order valence-electron chi connectivity index (χ0n) is 8.34. The first-order chi connectivity index (χ1) is 6.83. The average molecular weight is 212 g/mol. The fourth-order valence-corrected chi connectivity index (χ4v) is 1.24. The van der Waals surface area contributed by atoms with Crippen molar-refractivity contribution >= 4 is 17.3 Å². The molecular formula is C9H16N4S. The molecule has 1 heterocycles. The molecule has 0 aliphatic rings. The van der Waals surface area contributed by atoms with Gasteiger partial charge in [-0.15, -0.1) is 0 Å². The van der Waals surface area contributed by atoms with Gasteiger partial charge in [0.15, 0.2) is 5.11 Å². The van der Waals surface area contributed by atoms with Crippen LogP contribution >= 0.6 is 12.2 Å². The number of thiocarbonyl (C=S) groups is 1. The Balaban J connectivity index is 2.06. The fraction of sp³-hybridized carbons (Fsp3) is 0.556. The van der Waals surface area contributed by atoms with Gasteiger partial charge in [0.1, 0.15) is 0 Å². The Morgan fingerprint density at radius 1 is 1.50 bits per heavy atom. The van der Waals surface area contributed by atoms with Crippen LogP contribution in [0.2, 0.25) is 0 Å². The summed E-state index contributed by atoms with van der Waals surface area (Å²) in [6.07, 6.45) is 5.50. The average Bonchev–Trinajstić information content (AvgIpc) is 2.67. The molecule has 0 aliphatic heterocycles. The Labute approximate surface area is 89.5 Å². The van der Waals surface area contributed by atoms with Gasteiger partial charge in [-0.1, -0.05) is 6.92 Å². The van der Waals surface area contributed by atoms with Crippen LogP contribution in [0.5, 0.6) is 0 Å². The Morgan fingerprint density at radius 3 is 2.93 bits per heavy atom. The summed E-state index contributed by atoms with van der Waals surface area (Å²) in [5, 5.41) is 6.96. The summed E-state index contributed by atoms with van der Waals surface area (Å²) in [6.45, 7) is 3.87. The van der Waals surface area contributed by atoms with Crippen molar-refractivity contribution in [1.29, 1.82) is 0 Å². The van der Waals surface area contributed by atoms with E-state index in [-0.39, 0.29) is 0 Å². The maximum Gasteiger partial charge on any atom is 0.166 e. The van der Waals surface area contributed by atoms with E-state index in [1.807, 2.05) is 6.20 Å². The third kappa shape index (κ3) is 4.23. The number of aromatic nitrogens is 2. The first-order valence-corrected chi connectivity index (χ1v) is 5.22. The van der Waals surface area contributed by atoms with E-state index in [9.17, 15) is 0 Å². The zero-order chi connectivity index (χ0) is 10.2. The predicted molar refractivity (Wildman–Crippen MR) is 61.2 cm³/mol. The summed E-state index contributed by atoms with van der Waals surface area (Å²) in [5.41, 5.74) is 1.12. The lowest BCUT2D eigenvalue weighted by molar-refractivity contribution is 0.785. The first kappa shape index (κ1) is 11.0. The van der Waals surface area contributed by atoms with Gasteiger partial charge in [0.25, 0.3) is 0 Å². The molecule has 5 heteroatoms. The van der Waals surface area contributed by atoms with E-state index in [1.54, 1.807) is 6.33 Å². The summed E-state index contributed by atoms with van der Waals surface area (Å²) in [7, 11) is 0. The molecule has 1 rings (SSSR count). The number of nitrogens with zero attached hydrogens (tertiary/aromatic N) is 1. The lowest BCUT2D eigenvalue weighted by Gasteiger charge is -2.08. The van der Waals surface area contributed by atoms with Gasteiger partial charge in [0, 0.05) is 31.4 Å². The molecule has 14 heavy (non-hydrogen) atoms. The van der Waals surface area contributed by atoms with Crippen LogP contribution in [-0.2, 0) is 6.42 Å². The SMILES string of the molecule is CCCNC(=S)NCCc1cnc[nH]1. The molecule has 0 aromatic carbocycles. The lowest BCUT2D eigenvalue weighted by Crippen LogP contribution is -2.36. The number of H-pyrrole nitrogens is 1. The van der Waals surface area contributed by atoms with Crippen molar-refractivity contribution in [2.24, 2.45) is 0 Å². The van der Waals surface area contributed by atoms with Crippen molar-refractivity contribution in [3.8, 4) is 0 Å². The molecule has 78 valence electrons. The molecule has 1 aromatic heterocycles. The highest BCUT2D eigenvalue weighted by Gasteiger charge is 1.95. The summed E-state index contributed by atoms with van der Waals surface area (Å²) in [5.74, 6) is 0. The molecule has 1 aromatic rings. The van der Waals surface area contributed by atoms with Crippen LogP contribution in [0.3, 0.4) is 0 Å². The van der Waals surface area contributed by atoms with Crippen LogP contribution in [0.4, 0.5) is 0 Å². The van der Waals surface area contributed by atoms with Crippen LogP contribution in [-0.4, -0.2) is 28.2 Å². The molecule has 0 fully saturated rings. The van der Waals surface area contributed by atoms with E-state index in [0.717, 1.165) is 36.7 Å². The van der Waals surface area contributed by atoms with Crippen molar-refractivity contribution in [2.75, 3.05) is 13.1 Å². The minimum atomic E-state index is 0.728. The van der Waals surface area contributed by atoms with Crippen LogP contribution in [0.1, 0.15) is 19.0 Å². The number of hydrogen-bond donors (Lipinski definition) is 3. The quantitative estimate of drug-likeness (QED) is 0.633. The molecule has 0 amide bonds. The van der Waals surface area contributed by atoms with Crippen LogP contribution < -0.4 is 10.6 Å². The largest absolute Gasteiger partial charge is 0.363 e. The molecule has 0 saturated heterocycles. The number of imidazole rings is 1. The van der Waals surface area contributed by atoms with Gasteiger partial charge in [-0.05, 0) is 18.6 Å². The highest BCUT2D eigenvalue weighted by atomic mass is 32.1. The third-order valence-corrected chi connectivity index (χ3v) is 2.06. The predicted octanol–water partition coefficient (Wildman–Crippen LogP) is 0.826. The van der Waals surface area contributed by atoms with Gasteiger partial charge in [0.2, 0.25) is 0 Å². The van der Waals surface area contributed by atoms with Gasteiger partial charge in [-0.25, -0.2) is 4.98 Å². The van der Waals surface area contributed by atoms with Gasteiger partial charge in [-0.3, -0.25) is 0 Å². The van der Waals surface area contributed by atoms with Gasteiger partial charge >= 0.3 is 0 Å². The molecule has 0 saturated carbocycles. The normalized spacial score (nSPS) is 9.79. The maximum absolute atomic E-state index is 5.07. The summed E-state index contributed by atoms with van der Waals surface area (Å²) in [4.78, 5) is 6.98. The smallest absolute Gasteiger partial charge is 0.166 e. The fourth-order valence-electron chi connectivity index (χ4n) is 1.03. The second-order valence-corrected chi connectivity index (χ2v) is 3.42. The number of hydrogen-bond acceptors (Lipinski definition) is 2. The minimum Gasteiger partial charge on any atom is -0.363 e. The molecule has 0 atom stereocenters. The standard InChI is InChI=1S/C9H16N4S/c1-2-4-11-9(14)12-5-3-8-6-10-7-13-8/h6-7H,2-5H2,1H3,(H,10,13)(H2,11,12,14). The first-order valence-electron chi connectivity index (χ1n) is 4.82. The topological polar surface area (TPSA) is 52.7 Å². The lowest BCUT2D eigenvalue weighted by atomic mass is 10.3. The van der Waals surface area contributed by atoms with Crippen molar-refractivity contribution in [2.45, 2.75) is 19.8 Å². The van der Waals surface area contributed by atoms with E-state index in [4.69, 9.17) is 12.2 Å². The molecule has 3 N–H and O–H groups in total.